The van der Waals surface area contributed by atoms with Crippen molar-refractivity contribution in [3.05, 3.63) is 111 Å². The number of hydrogen-bond donors (Lipinski definition) is 0. The first-order valence-electron chi connectivity index (χ1n) is 9.28. The molecule has 5 heteroatoms. The zero-order valence-electron chi connectivity index (χ0n) is 15.3. The number of fused-ring (bicyclic) bond motifs is 4. The second-order valence-corrected chi connectivity index (χ2v) is 8.60. The van der Waals surface area contributed by atoms with Crippen LogP contribution in [0.1, 0.15) is 42.8 Å². The molecule has 3 aromatic carbocycles. The number of amides is 1. The lowest BCUT2D eigenvalue weighted by atomic mass is 10.0. The predicted octanol–water partition coefficient (Wildman–Crippen LogP) is 5.97. The predicted molar refractivity (Wildman–Crippen MR) is 117 cm³/mol. The minimum atomic E-state index is -0.227. The third kappa shape index (κ3) is 3.18. The van der Waals surface area contributed by atoms with Crippen molar-refractivity contribution >= 4 is 41.1 Å². The standard InChI is InChI=1S/C24H16ClNO2S/c25-17-11-9-15(10-12-17)13-21-22(27)18-6-2-1-5-16(18)14-26-23(28)19-7-3-4-8-20(19)24(26)29-21/h1-13,24H,14H2/b21-13-/t24-/m1/s1. The average Bonchev–Trinajstić information content (AvgIpc) is 2.99. The van der Waals surface area contributed by atoms with Crippen molar-refractivity contribution in [2.24, 2.45) is 0 Å². The minimum Gasteiger partial charge on any atom is -0.318 e. The van der Waals surface area contributed by atoms with E-state index in [9.17, 15) is 9.59 Å². The number of carbonyl (C=O) groups excluding carboxylic acids is 2. The number of benzene rings is 3. The van der Waals surface area contributed by atoms with Crippen molar-refractivity contribution in [3.8, 4) is 0 Å². The van der Waals surface area contributed by atoms with Crippen LogP contribution in [0.3, 0.4) is 0 Å². The summed E-state index contributed by atoms with van der Waals surface area (Å²) in [6, 6.07) is 22.6. The molecule has 142 valence electrons. The smallest absolute Gasteiger partial charge is 0.255 e. The summed E-state index contributed by atoms with van der Waals surface area (Å²) in [5, 5.41) is 0.421. The molecule has 1 atom stereocenters. The van der Waals surface area contributed by atoms with Gasteiger partial charge in [-0.15, -0.1) is 0 Å². The molecule has 0 N–H and O–H groups in total. The quantitative estimate of drug-likeness (QED) is 0.458. The van der Waals surface area contributed by atoms with Crippen LogP contribution in [0.2, 0.25) is 5.02 Å². The van der Waals surface area contributed by atoms with Gasteiger partial charge in [0.05, 0.1) is 4.91 Å². The van der Waals surface area contributed by atoms with Gasteiger partial charge in [0.1, 0.15) is 5.37 Å². The summed E-state index contributed by atoms with van der Waals surface area (Å²) in [5.74, 6) is -0.00914. The van der Waals surface area contributed by atoms with Crippen LogP contribution in [0.15, 0.2) is 77.7 Å². The third-order valence-electron chi connectivity index (χ3n) is 5.23. The van der Waals surface area contributed by atoms with E-state index in [2.05, 4.69) is 0 Å². The molecule has 0 fully saturated rings. The van der Waals surface area contributed by atoms with Gasteiger partial charge >= 0.3 is 0 Å². The number of ketones is 1. The Morgan fingerprint density at radius 3 is 2.38 bits per heavy atom. The van der Waals surface area contributed by atoms with Crippen molar-refractivity contribution in [2.75, 3.05) is 0 Å². The van der Waals surface area contributed by atoms with Crippen LogP contribution in [-0.4, -0.2) is 16.6 Å². The van der Waals surface area contributed by atoms with Crippen LogP contribution in [-0.2, 0) is 6.54 Å². The maximum Gasteiger partial charge on any atom is 0.255 e. The molecule has 0 saturated heterocycles. The van der Waals surface area contributed by atoms with Crippen molar-refractivity contribution in [2.45, 2.75) is 11.9 Å². The fourth-order valence-corrected chi connectivity index (χ4v) is 5.22. The largest absolute Gasteiger partial charge is 0.318 e. The molecule has 0 bridgehead atoms. The zero-order chi connectivity index (χ0) is 20.0. The lowest BCUT2D eigenvalue weighted by molar-refractivity contribution is 0.0758. The first-order chi connectivity index (χ1) is 14.1. The minimum absolute atomic E-state index is 0.00750. The van der Waals surface area contributed by atoms with Crippen LogP contribution in [0.5, 0.6) is 0 Å². The first-order valence-corrected chi connectivity index (χ1v) is 10.5. The Kier molecular flexibility index (Phi) is 4.53. The molecule has 3 aromatic rings. The van der Waals surface area contributed by atoms with Crippen LogP contribution >= 0.6 is 23.4 Å². The highest BCUT2D eigenvalue weighted by molar-refractivity contribution is 8.04. The summed E-state index contributed by atoms with van der Waals surface area (Å²) >= 11 is 7.44. The average molecular weight is 418 g/mol. The monoisotopic (exact) mass is 417 g/mol. The number of thioether (sulfide) groups is 1. The molecular weight excluding hydrogens is 402 g/mol. The molecule has 2 heterocycles. The van der Waals surface area contributed by atoms with Gasteiger partial charge in [0.2, 0.25) is 0 Å². The van der Waals surface area contributed by atoms with E-state index in [0.29, 0.717) is 27.6 Å². The van der Waals surface area contributed by atoms with E-state index in [0.717, 1.165) is 16.7 Å². The van der Waals surface area contributed by atoms with Gasteiger partial charge in [-0.25, -0.2) is 0 Å². The van der Waals surface area contributed by atoms with E-state index in [-0.39, 0.29) is 17.1 Å². The topological polar surface area (TPSA) is 37.4 Å². The van der Waals surface area contributed by atoms with Gasteiger partial charge in [0, 0.05) is 22.7 Å². The van der Waals surface area contributed by atoms with Crippen LogP contribution in [0.25, 0.3) is 6.08 Å². The van der Waals surface area contributed by atoms with E-state index < -0.39 is 0 Å². The summed E-state index contributed by atoms with van der Waals surface area (Å²) in [7, 11) is 0. The van der Waals surface area contributed by atoms with Crippen LogP contribution in [0, 0.1) is 0 Å². The molecule has 29 heavy (non-hydrogen) atoms. The normalized spacial score (nSPS) is 19.4. The molecule has 1 amide bonds. The number of Topliss-reactive ketones (excluding diaryl/α,β-unsaturated/α-hetero) is 1. The van der Waals surface area contributed by atoms with Gasteiger partial charge in [-0.05, 0) is 41.0 Å². The number of halogens is 1. The SMILES string of the molecule is O=C1/C(=C/c2ccc(Cl)cc2)S[C@@H]2c3ccccc3C(=O)N2Cc2ccccc21. The van der Waals surface area contributed by atoms with Crippen molar-refractivity contribution in [3.63, 3.8) is 0 Å². The van der Waals surface area contributed by atoms with Gasteiger partial charge in [0.15, 0.2) is 5.78 Å². The first kappa shape index (κ1) is 18.2. The Bertz CT molecular complexity index is 1170. The maximum absolute atomic E-state index is 13.4. The Balaban J connectivity index is 1.67. The summed E-state index contributed by atoms with van der Waals surface area (Å²) in [6.45, 7) is 0.418. The summed E-state index contributed by atoms with van der Waals surface area (Å²) in [6.07, 6.45) is 1.88. The second kappa shape index (κ2) is 7.21. The van der Waals surface area contributed by atoms with E-state index >= 15 is 0 Å². The van der Waals surface area contributed by atoms with Crippen LogP contribution in [0.4, 0.5) is 0 Å². The highest BCUT2D eigenvalue weighted by Gasteiger charge is 2.40. The molecular formula is C24H16ClNO2S. The van der Waals surface area contributed by atoms with E-state index in [4.69, 9.17) is 11.6 Å². The highest BCUT2D eigenvalue weighted by atomic mass is 35.5. The lowest BCUT2D eigenvalue weighted by Crippen LogP contribution is -2.29. The maximum atomic E-state index is 13.4. The van der Waals surface area contributed by atoms with E-state index in [1.807, 2.05) is 71.6 Å². The zero-order valence-corrected chi connectivity index (χ0v) is 16.9. The van der Waals surface area contributed by atoms with Gasteiger partial charge in [-0.2, -0.15) is 0 Å². The Hall–Kier alpha value is -2.82. The molecule has 0 unspecified atom stereocenters. The molecule has 0 saturated carbocycles. The molecule has 2 aliphatic rings. The fourth-order valence-electron chi connectivity index (χ4n) is 3.80. The summed E-state index contributed by atoms with van der Waals surface area (Å²) in [5.41, 5.74) is 4.07. The Morgan fingerprint density at radius 1 is 0.897 bits per heavy atom. The third-order valence-corrected chi connectivity index (χ3v) is 6.77. The van der Waals surface area contributed by atoms with Gasteiger partial charge < -0.3 is 4.90 Å². The molecule has 0 spiro atoms. The molecule has 5 rings (SSSR count). The van der Waals surface area contributed by atoms with Crippen molar-refractivity contribution in [1.29, 1.82) is 0 Å². The van der Waals surface area contributed by atoms with E-state index in [1.165, 1.54) is 11.8 Å². The van der Waals surface area contributed by atoms with Gasteiger partial charge in [-0.3, -0.25) is 9.59 Å². The van der Waals surface area contributed by atoms with Crippen molar-refractivity contribution < 1.29 is 9.59 Å². The Labute approximate surface area is 178 Å². The highest BCUT2D eigenvalue weighted by Crippen LogP contribution is 2.48. The lowest BCUT2D eigenvalue weighted by Gasteiger charge is -2.29. The van der Waals surface area contributed by atoms with Crippen LogP contribution < -0.4 is 0 Å². The number of allylic oxidation sites excluding steroid dienone is 1. The summed E-state index contributed by atoms with van der Waals surface area (Å²) in [4.78, 5) is 29.0. The molecule has 0 aromatic heterocycles. The van der Waals surface area contributed by atoms with Crippen molar-refractivity contribution in [1.82, 2.24) is 4.90 Å². The number of hydrogen-bond acceptors (Lipinski definition) is 3. The summed E-state index contributed by atoms with van der Waals surface area (Å²) < 4.78 is 0. The number of nitrogens with zero attached hydrogens (tertiary/aromatic N) is 1. The molecule has 0 aliphatic carbocycles. The number of rotatable bonds is 1. The molecule has 0 radical (unpaired) electrons. The van der Waals surface area contributed by atoms with Gasteiger partial charge in [-0.1, -0.05) is 78.0 Å². The Morgan fingerprint density at radius 2 is 1.59 bits per heavy atom. The molecule has 2 aliphatic heterocycles. The number of carbonyl (C=O) groups is 2. The second-order valence-electron chi connectivity index (χ2n) is 7.04. The molecule has 3 nitrogen and oxygen atoms in total. The van der Waals surface area contributed by atoms with E-state index in [1.54, 1.807) is 12.1 Å². The fraction of sp³-hybridized carbons (Fsp3) is 0.0833. The van der Waals surface area contributed by atoms with Gasteiger partial charge in [0.25, 0.3) is 5.91 Å².